The molecular weight excluding hydrogens is 464 g/mol. The predicted octanol–water partition coefficient (Wildman–Crippen LogP) is 4.00. The van der Waals surface area contributed by atoms with Gasteiger partial charge in [-0.1, -0.05) is 42.0 Å². The third-order valence-corrected chi connectivity index (χ3v) is 6.95. The molecule has 0 aliphatic heterocycles. The lowest BCUT2D eigenvalue weighted by atomic mass is 10.1. The quantitative estimate of drug-likeness (QED) is 0.366. The Morgan fingerprint density at radius 2 is 1.54 bits per heavy atom. The van der Waals surface area contributed by atoms with Gasteiger partial charge < -0.3 is 5.32 Å². The molecular formula is C26H28N4O4S. The van der Waals surface area contributed by atoms with E-state index >= 15 is 0 Å². The highest BCUT2D eigenvalue weighted by atomic mass is 32.2. The number of carbonyl (C=O) groups is 2. The highest BCUT2D eigenvalue weighted by Gasteiger charge is 2.27. The van der Waals surface area contributed by atoms with Gasteiger partial charge in [-0.2, -0.15) is 5.10 Å². The molecule has 0 spiro atoms. The highest BCUT2D eigenvalue weighted by Crippen LogP contribution is 2.24. The van der Waals surface area contributed by atoms with Crippen molar-refractivity contribution in [1.82, 2.24) is 5.43 Å². The van der Waals surface area contributed by atoms with Gasteiger partial charge in [-0.15, -0.1) is 0 Å². The van der Waals surface area contributed by atoms with Crippen LogP contribution in [0.5, 0.6) is 0 Å². The van der Waals surface area contributed by atoms with Crippen molar-refractivity contribution >= 4 is 38.9 Å². The van der Waals surface area contributed by atoms with Gasteiger partial charge in [0, 0.05) is 12.6 Å². The molecule has 0 bridgehead atoms. The van der Waals surface area contributed by atoms with Gasteiger partial charge in [-0.3, -0.25) is 13.9 Å². The number of anilines is 2. The number of hydrogen-bond acceptors (Lipinski definition) is 5. The van der Waals surface area contributed by atoms with Crippen LogP contribution in [-0.4, -0.2) is 32.5 Å². The summed E-state index contributed by atoms with van der Waals surface area (Å²) in [5.74, 6) is -0.759. The van der Waals surface area contributed by atoms with Crippen molar-refractivity contribution in [2.24, 2.45) is 5.10 Å². The van der Waals surface area contributed by atoms with Gasteiger partial charge in [-0.25, -0.2) is 13.8 Å². The summed E-state index contributed by atoms with van der Waals surface area (Å²) in [6.07, 6.45) is 0. The molecule has 8 nitrogen and oxygen atoms in total. The second-order valence-electron chi connectivity index (χ2n) is 8.15. The summed E-state index contributed by atoms with van der Waals surface area (Å²) in [4.78, 5) is 24.0. The number of amides is 2. The van der Waals surface area contributed by atoms with Crippen molar-refractivity contribution in [3.8, 4) is 0 Å². The number of hydrazone groups is 1. The standard InChI is InChI=1S/C26H28N4O4S/c1-18-8-14-25(15-9-18)35(33,34)30(24-7-5-6-19(2)16-24)17-26(32)29-28-20(3)22-10-12-23(13-11-22)27-21(4)31/h5-16H,17H2,1-4H3,(H,27,31)(H,29,32)/b28-20-. The molecule has 0 fully saturated rings. The fourth-order valence-corrected chi connectivity index (χ4v) is 4.72. The number of aryl methyl sites for hydroxylation is 2. The number of nitrogens with one attached hydrogen (secondary N) is 2. The van der Waals surface area contributed by atoms with Gasteiger partial charge in [0.2, 0.25) is 5.91 Å². The van der Waals surface area contributed by atoms with E-state index < -0.39 is 22.5 Å². The number of sulfonamides is 1. The number of rotatable bonds is 8. The lowest BCUT2D eigenvalue weighted by Gasteiger charge is -2.24. The Bertz CT molecular complexity index is 1350. The van der Waals surface area contributed by atoms with Gasteiger partial charge in [-0.05, 0) is 68.3 Å². The number of benzene rings is 3. The average Bonchev–Trinajstić information content (AvgIpc) is 2.81. The van der Waals surface area contributed by atoms with Crippen LogP contribution in [0, 0.1) is 13.8 Å². The lowest BCUT2D eigenvalue weighted by molar-refractivity contribution is -0.119. The molecule has 182 valence electrons. The maximum atomic E-state index is 13.4. The summed E-state index contributed by atoms with van der Waals surface area (Å²) in [6.45, 7) is 6.42. The molecule has 9 heteroatoms. The van der Waals surface area contributed by atoms with Crippen LogP contribution >= 0.6 is 0 Å². The largest absolute Gasteiger partial charge is 0.326 e. The summed E-state index contributed by atoms with van der Waals surface area (Å²) in [7, 11) is -4.00. The third-order valence-electron chi connectivity index (χ3n) is 5.16. The highest BCUT2D eigenvalue weighted by molar-refractivity contribution is 7.92. The number of hydrogen-bond donors (Lipinski definition) is 2. The van der Waals surface area contributed by atoms with Crippen LogP contribution in [-0.2, 0) is 19.6 Å². The first kappa shape index (κ1) is 25.6. The minimum absolute atomic E-state index is 0.0938. The van der Waals surface area contributed by atoms with Crippen molar-refractivity contribution in [1.29, 1.82) is 0 Å². The summed E-state index contributed by atoms with van der Waals surface area (Å²) in [5, 5.41) is 6.81. The first-order valence-electron chi connectivity index (χ1n) is 10.9. The van der Waals surface area contributed by atoms with Gasteiger partial charge in [0.05, 0.1) is 16.3 Å². The molecule has 0 saturated carbocycles. The van der Waals surface area contributed by atoms with E-state index in [4.69, 9.17) is 0 Å². The van der Waals surface area contributed by atoms with Crippen molar-refractivity contribution in [3.63, 3.8) is 0 Å². The zero-order valence-electron chi connectivity index (χ0n) is 20.1. The fraction of sp³-hybridized carbons (Fsp3) is 0.192. The lowest BCUT2D eigenvalue weighted by Crippen LogP contribution is -2.39. The molecule has 0 aromatic heterocycles. The minimum atomic E-state index is -4.00. The van der Waals surface area contributed by atoms with Crippen molar-refractivity contribution in [2.75, 3.05) is 16.2 Å². The maximum Gasteiger partial charge on any atom is 0.264 e. The van der Waals surface area contributed by atoms with E-state index in [1.165, 1.54) is 19.1 Å². The van der Waals surface area contributed by atoms with Gasteiger partial charge in [0.1, 0.15) is 6.54 Å². The van der Waals surface area contributed by atoms with Crippen LogP contribution in [0.15, 0.2) is 82.8 Å². The maximum absolute atomic E-state index is 13.4. The molecule has 35 heavy (non-hydrogen) atoms. The molecule has 2 N–H and O–H groups in total. The molecule has 0 aliphatic rings. The van der Waals surface area contributed by atoms with E-state index in [0.717, 1.165) is 21.0 Å². The molecule has 0 saturated heterocycles. The van der Waals surface area contributed by atoms with Crippen LogP contribution in [0.25, 0.3) is 0 Å². The normalized spacial score (nSPS) is 11.6. The summed E-state index contributed by atoms with van der Waals surface area (Å²) >= 11 is 0. The summed E-state index contributed by atoms with van der Waals surface area (Å²) < 4.78 is 28.0. The van der Waals surface area contributed by atoms with Gasteiger partial charge in [0.25, 0.3) is 15.9 Å². The molecule has 3 aromatic rings. The zero-order chi connectivity index (χ0) is 25.6. The second kappa shape index (κ2) is 11.0. The Labute approximate surface area is 205 Å². The van der Waals surface area contributed by atoms with Crippen LogP contribution in [0.2, 0.25) is 0 Å². The second-order valence-corrected chi connectivity index (χ2v) is 10.0. The average molecular weight is 493 g/mol. The van der Waals surface area contributed by atoms with E-state index in [1.807, 2.05) is 19.9 Å². The Morgan fingerprint density at radius 3 is 2.14 bits per heavy atom. The van der Waals surface area contributed by atoms with E-state index in [0.29, 0.717) is 17.1 Å². The Morgan fingerprint density at radius 1 is 0.886 bits per heavy atom. The molecule has 0 heterocycles. The topological polar surface area (TPSA) is 108 Å². The van der Waals surface area contributed by atoms with E-state index in [-0.39, 0.29) is 10.8 Å². The monoisotopic (exact) mass is 492 g/mol. The zero-order valence-corrected chi connectivity index (χ0v) is 20.9. The van der Waals surface area contributed by atoms with Crippen molar-refractivity contribution in [3.05, 3.63) is 89.5 Å². The summed E-state index contributed by atoms with van der Waals surface area (Å²) in [5.41, 5.74) is 6.54. The van der Waals surface area contributed by atoms with Crippen molar-refractivity contribution < 1.29 is 18.0 Å². The van der Waals surface area contributed by atoms with E-state index in [1.54, 1.807) is 61.5 Å². The third kappa shape index (κ3) is 6.77. The smallest absolute Gasteiger partial charge is 0.264 e. The van der Waals surface area contributed by atoms with E-state index in [2.05, 4.69) is 15.8 Å². The Kier molecular flexibility index (Phi) is 8.03. The van der Waals surface area contributed by atoms with Gasteiger partial charge >= 0.3 is 0 Å². The Balaban J connectivity index is 1.81. The SMILES string of the molecule is CC(=O)Nc1ccc(/C(C)=N\NC(=O)CN(c2cccc(C)c2)S(=O)(=O)c2ccc(C)cc2)cc1. The molecule has 0 atom stereocenters. The van der Waals surface area contributed by atoms with Crippen LogP contribution < -0.4 is 15.0 Å². The molecule has 0 radical (unpaired) electrons. The fourth-order valence-electron chi connectivity index (χ4n) is 3.31. The Hall–Kier alpha value is -3.98. The first-order valence-corrected chi connectivity index (χ1v) is 12.4. The van der Waals surface area contributed by atoms with Crippen LogP contribution in [0.4, 0.5) is 11.4 Å². The first-order chi connectivity index (χ1) is 16.6. The number of nitrogens with zero attached hydrogens (tertiary/aromatic N) is 2. The van der Waals surface area contributed by atoms with E-state index in [9.17, 15) is 18.0 Å². The van der Waals surface area contributed by atoms with Crippen molar-refractivity contribution in [2.45, 2.75) is 32.6 Å². The molecule has 0 aliphatic carbocycles. The molecule has 0 unspecified atom stereocenters. The molecule has 2 amide bonds. The molecule has 3 rings (SSSR count). The molecule has 3 aromatic carbocycles. The predicted molar refractivity (Wildman–Crippen MR) is 138 cm³/mol. The van der Waals surface area contributed by atoms with Crippen LogP contribution in [0.3, 0.4) is 0 Å². The number of carbonyl (C=O) groups excluding carboxylic acids is 2. The summed E-state index contributed by atoms with van der Waals surface area (Å²) in [6, 6.07) is 20.4. The minimum Gasteiger partial charge on any atom is -0.326 e. The van der Waals surface area contributed by atoms with Gasteiger partial charge in [0.15, 0.2) is 0 Å². The van der Waals surface area contributed by atoms with Crippen LogP contribution in [0.1, 0.15) is 30.5 Å².